The summed E-state index contributed by atoms with van der Waals surface area (Å²) in [6, 6.07) is 5.03. The number of carboxylic acid groups (broad SMARTS) is 1. The van der Waals surface area contributed by atoms with Crippen LogP contribution in [-0.4, -0.2) is 17.6 Å². The highest BCUT2D eigenvalue weighted by Crippen LogP contribution is 2.23. The molecular formula is C13H18BrNO2. The number of carbonyl (C=O) groups is 1. The lowest BCUT2D eigenvalue weighted by molar-refractivity contribution is 0.0697. The topological polar surface area (TPSA) is 49.3 Å². The maximum absolute atomic E-state index is 10.8. The van der Waals surface area contributed by atoms with E-state index in [1.165, 1.54) is 19.3 Å². The van der Waals surface area contributed by atoms with Gasteiger partial charge < -0.3 is 10.4 Å². The molecule has 3 nitrogen and oxygen atoms in total. The van der Waals surface area contributed by atoms with Gasteiger partial charge in [-0.3, -0.25) is 0 Å². The van der Waals surface area contributed by atoms with Crippen LogP contribution in [-0.2, 0) is 0 Å². The molecule has 94 valence electrons. The summed E-state index contributed by atoms with van der Waals surface area (Å²) < 4.78 is 0.799. The first-order chi connectivity index (χ1) is 8.15. The van der Waals surface area contributed by atoms with E-state index in [9.17, 15) is 4.79 Å². The first kappa shape index (κ1) is 14.0. The number of unbranched alkanes of at least 4 members (excludes halogenated alkanes) is 3. The molecule has 0 atom stereocenters. The van der Waals surface area contributed by atoms with Crippen LogP contribution >= 0.6 is 15.9 Å². The molecule has 0 amide bonds. The maximum Gasteiger partial charge on any atom is 0.335 e. The summed E-state index contributed by atoms with van der Waals surface area (Å²) in [7, 11) is 0. The van der Waals surface area contributed by atoms with Crippen molar-refractivity contribution >= 4 is 27.6 Å². The minimum atomic E-state index is -0.903. The number of rotatable bonds is 7. The Kier molecular flexibility index (Phi) is 6.05. The lowest BCUT2D eigenvalue weighted by atomic mass is 10.2. The Morgan fingerprint density at radius 1 is 1.35 bits per heavy atom. The highest BCUT2D eigenvalue weighted by Gasteiger charge is 2.05. The number of carboxylic acids is 1. The normalized spacial score (nSPS) is 10.2. The van der Waals surface area contributed by atoms with Crippen LogP contribution < -0.4 is 5.32 Å². The SMILES string of the molecule is CCCCCCNc1ccc(C(=O)O)cc1Br. The second kappa shape index (κ2) is 7.33. The smallest absolute Gasteiger partial charge is 0.335 e. The van der Waals surface area contributed by atoms with Crippen LogP contribution in [0.15, 0.2) is 22.7 Å². The number of nitrogens with one attached hydrogen (secondary N) is 1. The fourth-order valence-electron chi connectivity index (χ4n) is 1.57. The minimum Gasteiger partial charge on any atom is -0.478 e. The van der Waals surface area contributed by atoms with Gasteiger partial charge in [0.05, 0.1) is 5.56 Å². The second-order valence-electron chi connectivity index (χ2n) is 3.99. The zero-order valence-electron chi connectivity index (χ0n) is 10.0. The fourth-order valence-corrected chi connectivity index (χ4v) is 2.09. The highest BCUT2D eigenvalue weighted by molar-refractivity contribution is 9.10. The summed E-state index contributed by atoms with van der Waals surface area (Å²) in [4.78, 5) is 10.8. The molecule has 0 aliphatic carbocycles. The van der Waals surface area contributed by atoms with Crippen LogP contribution in [0.5, 0.6) is 0 Å². The maximum atomic E-state index is 10.8. The van der Waals surface area contributed by atoms with Gasteiger partial charge in [0.1, 0.15) is 0 Å². The molecule has 4 heteroatoms. The van der Waals surface area contributed by atoms with Gasteiger partial charge in [-0.15, -0.1) is 0 Å². The average Bonchev–Trinajstić information content (AvgIpc) is 2.30. The molecule has 0 fully saturated rings. The van der Waals surface area contributed by atoms with E-state index in [0.29, 0.717) is 5.56 Å². The van der Waals surface area contributed by atoms with Gasteiger partial charge in [0, 0.05) is 16.7 Å². The van der Waals surface area contributed by atoms with E-state index in [-0.39, 0.29) is 0 Å². The molecule has 1 aromatic rings. The van der Waals surface area contributed by atoms with E-state index in [1.54, 1.807) is 18.2 Å². The Balaban J connectivity index is 2.46. The van der Waals surface area contributed by atoms with E-state index in [2.05, 4.69) is 28.2 Å². The Hall–Kier alpha value is -1.03. The van der Waals surface area contributed by atoms with Gasteiger partial charge in [-0.05, 0) is 40.5 Å². The Morgan fingerprint density at radius 2 is 2.12 bits per heavy atom. The number of hydrogen-bond acceptors (Lipinski definition) is 2. The second-order valence-corrected chi connectivity index (χ2v) is 4.84. The molecule has 2 N–H and O–H groups in total. The Morgan fingerprint density at radius 3 is 2.71 bits per heavy atom. The van der Waals surface area contributed by atoms with Crippen molar-refractivity contribution in [1.82, 2.24) is 0 Å². The molecule has 17 heavy (non-hydrogen) atoms. The Bertz CT molecular complexity index is 380. The molecule has 0 aliphatic rings. The summed E-state index contributed by atoms with van der Waals surface area (Å²) in [6.45, 7) is 3.11. The lowest BCUT2D eigenvalue weighted by Gasteiger charge is -2.08. The van der Waals surface area contributed by atoms with Crippen molar-refractivity contribution in [1.29, 1.82) is 0 Å². The number of aromatic carboxylic acids is 1. The lowest BCUT2D eigenvalue weighted by Crippen LogP contribution is -2.03. The third-order valence-electron chi connectivity index (χ3n) is 2.56. The largest absolute Gasteiger partial charge is 0.478 e. The van der Waals surface area contributed by atoms with Gasteiger partial charge in [0.25, 0.3) is 0 Å². The van der Waals surface area contributed by atoms with Gasteiger partial charge in [-0.2, -0.15) is 0 Å². The fraction of sp³-hybridized carbons (Fsp3) is 0.462. The van der Waals surface area contributed by atoms with Gasteiger partial charge in [-0.1, -0.05) is 26.2 Å². The van der Waals surface area contributed by atoms with Crippen LogP contribution in [0.25, 0.3) is 0 Å². The van der Waals surface area contributed by atoms with Crippen molar-refractivity contribution < 1.29 is 9.90 Å². The number of hydrogen-bond donors (Lipinski definition) is 2. The third-order valence-corrected chi connectivity index (χ3v) is 3.22. The van der Waals surface area contributed by atoms with Crippen molar-refractivity contribution in [3.63, 3.8) is 0 Å². The molecule has 0 aromatic heterocycles. The first-order valence-corrected chi connectivity index (χ1v) is 6.71. The van der Waals surface area contributed by atoms with Gasteiger partial charge in [0.15, 0.2) is 0 Å². The molecule has 0 unspecified atom stereocenters. The van der Waals surface area contributed by atoms with Crippen LogP contribution in [0.4, 0.5) is 5.69 Å². The molecule has 1 aromatic carbocycles. The predicted octanol–water partition coefficient (Wildman–Crippen LogP) is 4.14. The summed E-state index contributed by atoms with van der Waals surface area (Å²) in [6.07, 6.45) is 4.87. The standard InChI is InChI=1S/C13H18BrNO2/c1-2-3-4-5-8-15-12-7-6-10(13(16)17)9-11(12)14/h6-7,9,15H,2-5,8H2,1H3,(H,16,17). The zero-order valence-corrected chi connectivity index (χ0v) is 11.6. The van der Waals surface area contributed by atoms with Crippen LogP contribution in [0.3, 0.4) is 0 Å². The first-order valence-electron chi connectivity index (χ1n) is 5.92. The summed E-state index contributed by atoms with van der Waals surface area (Å²) >= 11 is 3.37. The van der Waals surface area contributed by atoms with Crippen molar-refractivity contribution in [2.75, 3.05) is 11.9 Å². The number of anilines is 1. The molecule has 0 aliphatic heterocycles. The summed E-state index contributed by atoms with van der Waals surface area (Å²) in [5.41, 5.74) is 1.25. The van der Waals surface area contributed by atoms with Crippen molar-refractivity contribution in [3.8, 4) is 0 Å². The molecule has 0 heterocycles. The van der Waals surface area contributed by atoms with E-state index >= 15 is 0 Å². The molecule has 0 saturated carbocycles. The van der Waals surface area contributed by atoms with E-state index in [0.717, 1.165) is 23.1 Å². The van der Waals surface area contributed by atoms with Gasteiger partial charge in [0.2, 0.25) is 0 Å². The molecule has 1 rings (SSSR count). The van der Waals surface area contributed by atoms with Gasteiger partial charge >= 0.3 is 5.97 Å². The predicted molar refractivity (Wildman–Crippen MR) is 73.7 cm³/mol. The van der Waals surface area contributed by atoms with E-state index in [4.69, 9.17) is 5.11 Å². The third kappa shape index (κ3) is 4.77. The molecule has 0 bridgehead atoms. The molecular weight excluding hydrogens is 282 g/mol. The summed E-state index contributed by atoms with van der Waals surface area (Å²) in [5.74, 6) is -0.903. The van der Waals surface area contributed by atoms with Crippen LogP contribution in [0.1, 0.15) is 43.0 Å². The average molecular weight is 300 g/mol. The van der Waals surface area contributed by atoms with Crippen molar-refractivity contribution in [3.05, 3.63) is 28.2 Å². The quantitative estimate of drug-likeness (QED) is 0.744. The van der Waals surface area contributed by atoms with Crippen LogP contribution in [0, 0.1) is 0 Å². The number of halogens is 1. The highest BCUT2D eigenvalue weighted by atomic mass is 79.9. The molecule has 0 radical (unpaired) electrons. The molecule has 0 spiro atoms. The van der Waals surface area contributed by atoms with Crippen molar-refractivity contribution in [2.45, 2.75) is 32.6 Å². The molecule has 0 saturated heterocycles. The minimum absolute atomic E-state index is 0.299. The van der Waals surface area contributed by atoms with E-state index in [1.807, 2.05) is 0 Å². The zero-order chi connectivity index (χ0) is 12.7. The van der Waals surface area contributed by atoms with Gasteiger partial charge in [-0.25, -0.2) is 4.79 Å². The number of benzene rings is 1. The van der Waals surface area contributed by atoms with E-state index < -0.39 is 5.97 Å². The summed E-state index contributed by atoms with van der Waals surface area (Å²) in [5, 5.41) is 12.1. The monoisotopic (exact) mass is 299 g/mol. The van der Waals surface area contributed by atoms with Crippen molar-refractivity contribution in [2.24, 2.45) is 0 Å². The Labute approximate surface area is 110 Å². The van der Waals surface area contributed by atoms with Crippen LogP contribution in [0.2, 0.25) is 0 Å².